The van der Waals surface area contributed by atoms with Crippen LogP contribution in [0.15, 0.2) is 24.3 Å². The molecule has 0 unspecified atom stereocenters. The van der Waals surface area contributed by atoms with Crippen molar-refractivity contribution in [3.8, 4) is 5.88 Å². The summed E-state index contributed by atoms with van der Waals surface area (Å²) in [6.45, 7) is 0.716. The van der Waals surface area contributed by atoms with Crippen LogP contribution in [0.2, 0.25) is 0 Å². The van der Waals surface area contributed by atoms with Crippen LogP contribution in [0, 0.1) is 17.1 Å². The highest BCUT2D eigenvalue weighted by Crippen LogP contribution is 2.33. The van der Waals surface area contributed by atoms with Crippen molar-refractivity contribution in [1.29, 1.82) is 5.41 Å². The van der Waals surface area contributed by atoms with E-state index in [4.69, 9.17) is 5.41 Å². The summed E-state index contributed by atoms with van der Waals surface area (Å²) in [7, 11) is 0. The van der Waals surface area contributed by atoms with Crippen LogP contribution in [0.25, 0.3) is 0 Å². The summed E-state index contributed by atoms with van der Waals surface area (Å²) in [5.74, 6) is 0.0829. The molecule has 0 amide bonds. The fourth-order valence-electron chi connectivity index (χ4n) is 3.00. The number of anilines is 2. The lowest BCUT2D eigenvalue weighted by atomic mass is 9.89. The molecule has 24 heavy (non-hydrogen) atoms. The number of nitrogens with one attached hydrogen (secondary N) is 3. The number of aromatic nitrogens is 1. The molecule has 0 radical (unpaired) electrons. The molecule has 1 heterocycles. The normalized spacial score (nSPS) is 15.2. The van der Waals surface area contributed by atoms with Gasteiger partial charge in [0.25, 0.3) is 0 Å². The summed E-state index contributed by atoms with van der Waals surface area (Å²) in [5, 5.41) is 24.7. The van der Waals surface area contributed by atoms with E-state index in [0.29, 0.717) is 28.7 Å². The molecule has 1 aliphatic rings. The summed E-state index contributed by atoms with van der Waals surface area (Å²) in [6.07, 6.45) is 6.12. The molecule has 0 saturated heterocycles. The molecule has 128 valence electrons. The third kappa shape index (κ3) is 3.84. The van der Waals surface area contributed by atoms with Gasteiger partial charge in [0.15, 0.2) is 0 Å². The fourth-order valence-corrected chi connectivity index (χ4v) is 3.71. The van der Waals surface area contributed by atoms with Crippen LogP contribution in [0.1, 0.15) is 37.7 Å². The van der Waals surface area contributed by atoms with Gasteiger partial charge in [0, 0.05) is 6.54 Å². The molecule has 0 atom stereocenters. The van der Waals surface area contributed by atoms with E-state index in [0.717, 1.165) is 11.5 Å². The first-order chi connectivity index (χ1) is 11.6. The lowest BCUT2D eigenvalue weighted by Crippen LogP contribution is -2.30. The molecule has 1 aromatic carbocycles. The van der Waals surface area contributed by atoms with Gasteiger partial charge in [-0.2, -0.15) is 4.37 Å². The summed E-state index contributed by atoms with van der Waals surface area (Å²) in [6, 6.07) is 6.29. The average molecular weight is 348 g/mol. The second-order valence-corrected chi connectivity index (χ2v) is 6.85. The maximum absolute atomic E-state index is 13.8. The van der Waals surface area contributed by atoms with Gasteiger partial charge in [0.1, 0.15) is 22.2 Å². The van der Waals surface area contributed by atoms with Crippen LogP contribution in [0.5, 0.6) is 5.88 Å². The van der Waals surface area contributed by atoms with Crippen molar-refractivity contribution in [3.05, 3.63) is 35.6 Å². The molecule has 7 heteroatoms. The Morgan fingerprint density at radius 2 is 2.04 bits per heavy atom. The van der Waals surface area contributed by atoms with Crippen LogP contribution in [-0.4, -0.2) is 21.9 Å². The Morgan fingerprint density at radius 1 is 1.29 bits per heavy atom. The Kier molecular flexibility index (Phi) is 5.30. The van der Waals surface area contributed by atoms with Gasteiger partial charge in [0.2, 0.25) is 5.88 Å². The second kappa shape index (κ2) is 7.61. The Bertz CT molecular complexity index is 712. The van der Waals surface area contributed by atoms with Crippen molar-refractivity contribution in [2.24, 2.45) is 5.92 Å². The highest BCUT2D eigenvalue weighted by atomic mass is 32.1. The molecule has 1 saturated carbocycles. The van der Waals surface area contributed by atoms with Crippen molar-refractivity contribution >= 4 is 28.1 Å². The maximum Gasteiger partial charge on any atom is 0.236 e. The van der Waals surface area contributed by atoms with Gasteiger partial charge < -0.3 is 15.7 Å². The zero-order valence-electron chi connectivity index (χ0n) is 13.3. The van der Waals surface area contributed by atoms with E-state index in [-0.39, 0.29) is 11.7 Å². The van der Waals surface area contributed by atoms with Crippen molar-refractivity contribution in [3.63, 3.8) is 0 Å². The van der Waals surface area contributed by atoms with E-state index >= 15 is 0 Å². The van der Waals surface area contributed by atoms with Gasteiger partial charge in [-0.05, 0) is 42.4 Å². The third-order valence-electron chi connectivity index (χ3n) is 4.34. The van der Waals surface area contributed by atoms with Gasteiger partial charge in [-0.25, -0.2) is 4.39 Å². The maximum atomic E-state index is 13.8. The third-order valence-corrected chi connectivity index (χ3v) is 5.09. The van der Waals surface area contributed by atoms with Crippen LogP contribution in [0.4, 0.5) is 15.1 Å². The van der Waals surface area contributed by atoms with Crippen LogP contribution >= 0.6 is 11.5 Å². The second-order valence-electron chi connectivity index (χ2n) is 6.08. The lowest BCUT2D eigenvalue weighted by Gasteiger charge is -2.22. The monoisotopic (exact) mass is 348 g/mol. The summed E-state index contributed by atoms with van der Waals surface area (Å²) in [4.78, 5) is 0. The number of para-hydroxylation sites is 1. The molecule has 2 aromatic rings. The van der Waals surface area contributed by atoms with E-state index in [1.165, 1.54) is 38.2 Å². The van der Waals surface area contributed by atoms with Crippen LogP contribution in [-0.2, 0) is 0 Å². The fraction of sp³-hybridized carbons (Fsp3) is 0.412. The minimum Gasteiger partial charge on any atom is -0.492 e. The summed E-state index contributed by atoms with van der Waals surface area (Å²) >= 11 is 1.01. The summed E-state index contributed by atoms with van der Waals surface area (Å²) < 4.78 is 17.7. The van der Waals surface area contributed by atoms with E-state index in [1.54, 1.807) is 18.2 Å². The zero-order chi connectivity index (χ0) is 16.9. The number of aromatic hydroxyl groups is 1. The number of hydrogen-bond acceptors (Lipinski definition) is 5. The van der Waals surface area contributed by atoms with Gasteiger partial charge in [-0.3, -0.25) is 5.41 Å². The molecular weight excluding hydrogens is 327 g/mol. The van der Waals surface area contributed by atoms with Gasteiger partial charge in [-0.1, -0.05) is 31.4 Å². The van der Waals surface area contributed by atoms with Crippen molar-refractivity contribution in [2.75, 3.05) is 11.9 Å². The number of hydrogen-bond donors (Lipinski definition) is 4. The van der Waals surface area contributed by atoms with E-state index in [9.17, 15) is 9.50 Å². The van der Waals surface area contributed by atoms with E-state index < -0.39 is 5.82 Å². The summed E-state index contributed by atoms with van der Waals surface area (Å²) in [5.41, 5.74) is 0.585. The number of benzene rings is 1. The van der Waals surface area contributed by atoms with Crippen molar-refractivity contribution < 1.29 is 9.50 Å². The van der Waals surface area contributed by atoms with Crippen LogP contribution < -0.4 is 10.6 Å². The Hall–Kier alpha value is -2.15. The first kappa shape index (κ1) is 16.7. The quantitative estimate of drug-likeness (QED) is 0.481. The number of amidine groups is 1. The highest BCUT2D eigenvalue weighted by molar-refractivity contribution is 7.11. The van der Waals surface area contributed by atoms with Gasteiger partial charge in [0.05, 0.1) is 5.69 Å². The standard InChI is InChI=1S/C17H21FN4OS/c18-12-8-4-5-9-13(12)21-17-14(16(23)22-24-17)15(19)20-10-11-6-2-1-3-7-11/h4-5,8-9,11,21H,1-3,6-7,10H2,(H2,19,20)(H,22,23). The molecule has 1 aliphatic carbocycles. The van der Waals surface area contributed by atoms with Crippen molar-refractivity contribution in [1.82, 2.24) is 9.69 Å². The smallest absolute Gasteiger partial charge is 0.236 e. The Labute approximate surface area is 144 Å². The molecule has 1 aromatic heterocycles. The van der Waals surface area contributed by atoms with E-state index in [2.05, 4.69) is 15.0 Å². The Balaban J connectivity index is 1.69. The molecule has 3 rings (SSSR count). The molecule has 5 nitrogen and oxygen atoms in total. The number of halogens is 1. The largest absolute Gasteiger partial charge is 0.492 e. The first-order valence-electron chi connectivity index (χ1n) is 8.18. The molecule has 4 N–H and O–H groups in total. The highest BCUT2D eigenvalue weighted by Gasteiger charge is 2.20. The average Bonchev–Trinajstić information content (AvgIpc) is 2.96. The Morgan fingerprint density at radius 3 is 2.79 bits per heavy atom. The minimum atomic E-state index is -0.391. The molecule has 1 fully saturated rings. The SMILES string of the molecule is N=C(NCC1CCCCC1)c1c(O)nsc1Nc1ccccc1F. The van der Waals surface area contributed by atoms with Crippen LogP contribution in [0.3, 0.4) is 0 Å². The molecule has 0 aliphatic heterocycles. The zero-order valence-corrected chi connectivity index (χ0v) is 14.1. The molecular formula is C17H21FN4OS. The van der Waals surface area contributed by atoms with E-state index in [1.807, 2.05) is 0 Å². The first-order valence-corrected chi connectivity index (χ1v) is 8.95. The number of nitrogens with zero attached hydrogens (tertiary/aromatic N) is 1. The predicted octanol–water partition coefficient (Wildman–Crippen LogP) is 4.23. The number of rotatable bonds is 5. The van der Waals surface area contributed by atoms with Gasteiger partial charge in [-0.15, -0.1) is 0 Å². The molecule has 0 bridgehead atoms. The lowest BCUT2D eigenvalue weighted by molar-refractivity contribution is 0.356. The topological polar surface area (TPSA) is 81.0 Å². The predicted molar refractivity (Wildman–Crippen MR) is 94.9 cm³/mol. The minimum absolute atomic E-state index is 0.116. The van der Waals surface area contributed by atoms with Crippen molar-refractivity contribution in [2.45, 2.75) is 32.1 Å². The van der Waals surface area contributed by atoms with Gasteiger partial charge >= 0.3 is 0 Å². The molecule has 0 spiro atoms.